The van der Waals surface area contributed by atoms with Crippen molar-refractivity contribution in [3.8, 4) is 6.07 Å². The van der Waals surface area contributed by atoms with Crippen molar-refractivity contribution in [1.29, 1.82) is 5.26 Å². The molecular weight excluding hydrogens is 282 g/mol. The van der Waals surface area contributed by atoms with Gasteiger partial charge in [0.15, 0.2) is 9.84 Å². The Balaban J connectivity index is 2.24. The number of sulfone groups is 1. The van der Waals surface area contributed by atoms with E-state index in [1.54, 1.807) is 12.1 Å². The second-order valence-corrected chi connectivity index (χ2v) is 8.43. The van der Waals surface area contributed by atoms with Crippen molar-refractivity contribution in [2.75, 3.05) is 6.26 Å². The first-order valence-corrected chi connectivity index (χ1v) is 9.14. The van der Waals surface area contributed by atoms with Crippen molar-refractivity contribution in [2.45, 2.75) is 34.3 Å². The molecule has 1 fully saturated rings. The molecule has 102 valence electrons. The monoisotopic (exact) mass is 297 g/mol. The highest BCUT2D eigenvalue weighted by atomic mass is 32.2. The second kappa shape index (κ2) is 5.43. The Morgan fingerprint density at radius 3 is 2.42 bits per heavy atom. The fraction of sp³-hybridized carbons (Fsp3) is 0.462. The topological polar surface area (TPSA) is 75.0 Å². The normalized spacial score (nSPS) is 24.8. The zero-order valence-electron chi connectivity index (χ0n) is 10.6. The second-order valence-electron chi connectivity index (χ2n) is 4.75. The summed E-state index contributed by atoms with van der Waals surface area (Å²) in [7, 11) is -4.47. The van der Waals surface area contributed by atoms with Gasteiger partial charge in [-0.2, -0.15) is 5.26 Å². The van der Waals surface area contributed by atoms with Gasteiger partial charge in [0.25, 0.3) is 0 Å². The molecular formula is C13H15NO3S2. The zero-order valence-corrected chi connectivity index (χ0v) is 12.2. The lowest BCUT2D eigenvalue weighted by Gasteiger charge is -2.13. The summed E-state index contributed by atoms with van der Waals surface area (Å²) >= 11 is 0. The van der Waals surface area contributed by atoms with E-state index in [9.17, 15) is 12.6 Å². The van der Waals surface area contributed by atoms with Gasteiger partial charge in [0.1, 0.15) is 0 Å². The van der Waals surface area contributed by atoms with Crippen LogP contribution in [0.5, 0.6) is 0 Å². The van der Waals surface area contributed by atoms with Crippen LogP contribution in [0.3, 0.4) is 0 Å². The molecule has 1 aliphatic carbocycles. The van der Waals surface area contributed by atoms with E-state index >= 15 is 0 Å². The van der Waals surface area contributed by atoms with Gasteiger partial charge in [0, 0.05) is 11.2 Å². The minimum atomic E-state index is -3.23. The van der Waals surface area contributed by atoms with Crippen LogP contribution in [0.1, 0.15) is 19.3 Å². The molecule has 0 aromatic heterocycles. The molecule has 0 spiro atoms. The summed E-state index contributed by atoms with van der Waals surface area (Å²) in [6, 6.07) is 8.32. The molecule has 1 aliphatic rings. The van der Waals surface area contributed by atoms with Gasteiger partial charge in [0.2, 0.25) is 0 Å². The summed E-state index contributed by atoms with van der Waals surface area (Å²) in [6.45, 7) is 0. The molecule has 0 aliphatic heterocycles. The Bertz CT molecular complexity index is 629. The Labute approximate surface area is 115 Å². The molecule has 3 atom stereocenters. The summed E-state index contributed by atoms with van der Waals surface area (Å²) in [5.74, 6) is -0.157. The fourth-order valence-corrected chi connectivity index (χ4v) is 4.59. The number of benzene rings is 1. The van der Waals surface area contributed by atoms with Gasteiger partial charge in [-0.25, -0.2) is 8.42 Å². The van der Waals surface area contributed by atoms with Crippen LogP contribution in [0.4, 0.5) is 0 Å². The van der Waals surface area contributed by atoms with E-state index in [-0.39, 0.29) is 16.1 Å². The third kappa shape index (κ3) is 3.04. The Morgan fingerprint density at radius 1 is 1.26 bits per heavy atom. The highest BCUT2D eigenvalue weighted by Crippen LogP contribution is 2.32. The Hall–Kier alpha value is -1.19. The first-order chi connectivity index (χ1) is 8.93. The molecule has 0 heterocycles. The highest BCUT2D eigenvalue weighted by molar-refractivity contribution is 7.90. The summed E-state index contributed by atoms with van der Waals surface area (Å²) in [4.78, 5) is 0.816. The van der Waals surface area contributed by atoms with Crippen LogP contribution >= 0.6 is 0 Å². The van der Waals surface area contributed by atoms with Gasteiger partial charge in [-0.15, -0.1) is 0 Å². The fourth-order valence-electron chi connectivity index (χ4n) is 2.33. The summed E-state index contributed by atoms with van der Waals surface area (Å²) in [5.41, 5.74) is 0. The third-order valence-electron chi connectivity index (χ3n) is 3.38. The van der Waals surface area contributed by atoms with Gasteiger partial charge >= 0.3 is 0 Å². The minimum absolute atomic E-state index is 0.130. The number of nitriles is 1. The van der Waals surface area contributed by atoms with E-state index < -0.39 is 20.6 Å². The molecule has 0 N–H and O–H groups in total. The van der Waals surface area contributed by atoms with Crippen LogP contribution in [-0.2, 0) is 20.6 Å². The van der Waals surface area contributed by atoms with Crippen molar-refractivity contribution in [3.63, 3.8) is 0 Å². The quantitative estimate of drug-likeness (QED) is 0.854. The third-order valence-corrected chi connectivity index (χ3v) is 6.36. The van der Waals surface area contributed by atoms with E-state index in [1.165, 1.54) is 12.1 Å². The van der Waals surface area contributed by atoms with Crippen molar-refractivity contribution in [3.05, 3.63) is 24.3 Å². The number of hydrogen-bond donors (Lipinski definition) is 0. The smallest absolute Gasteiger partial charge is 0.175 e. The van der Waals surface area contributed by atoms with Crippen molar-refractivity contribution in [2.24, 2.45) is 5.92 Å². The molecule has 0 radical (unpaired) electrons. The summed E-state index contributed by atoms with van der Waals surface area (Å²) in [5, 5.41) is 8.89. The lowest BCUT2D eigenvalue weighted by molar-refractivity contribution is 0.601. The van der Waals surface area contributed by atoms with Crippen LogP contribution in [0.25, 0.3) is 0 Å². The van der Waals surface area contributed by atoms with E-state index in [1.807, 2.05) is 0 Å². The van der Waals surface area contributed by atoms with Crippen molar-refractivity contribution in [1.82, 2.24) is 0 Å². The van der Waals surface area contributed by atoms with Crippen LogP contribution in [0, 0.1) is 17.2 Å². The molecule has 4 nitrogen and oxygen atoms in total. The first kappa shape index (κ1) is 14.2. The number of nitrogens with zero attached hydrogens (tertiary/aromatic N) is 1. The highest BCUT2D eigenvalue weighted by Gasteiger charge is 2.32. The average molecular weight is 297 g/mol. The molecule has 19 heavy (non-hydrogen) atoms. The SMILES string of the molecule is CS(=O)(=O)c1ccc(S(=O)C2CCCC2C#N)cc1. The predicted molar refractivity (Wildman–Crippen MR) is 72.7 cm³/mol. The largest absolute Gasteiger partial charge is 0.254 e. The molecule has 0 amide bonds. The molecule has 3 unspecified atom stereocenters. The van der Waals surface area contributed by atoms with Gasteiger partial charge in [-0.1, -0.05) is 6.42 Å². The molecule has 1 aromatic rings. The molecule has 1 aromatic carbocycles. The van der Waals surface area contributed by atoms with Gasteiger partial charge in [-0.05, 0) is 37.1 Å². The maximum Gasteiger partial charge on any atom is 0.175 e. The molecule has 0 saturated heterocycles. The van der Waals surface area contributed by atoms with E-state index in [2.05, 4.69) is 6.07 Å². The van der Waals surface area contributed by atoms with Crippen LogP contribution in [0.15, 0.2) is 34.1 Å². The first-order valence-electron chi connectivity index (χ1n) is 6.04. The van der Waals surface area contributed by atoms with Gasteiger partial charge in [-0.3, -0.25) is 4.21 Å². The standard InChI is InChI=1S/C13H15NO3S2/c1-19(16,17)12-7-5-11(6-8-12)18(15)13-4-2-3-10(13)9-14/h5-8,10,13H,2-4H2,1H3. The Kier molecular flexibility index (Phi) is 4.07. The lowest BCUT2D eigenvalue weighted by atomic mass is 10.1. The van der Waals surface area contributed by atoms with Crippen molar-refractivity contribution < 1.29 is 12.6 Å². The Morgan fingerprint density at radius 2 is 1.89 bits per heavy atom. The number of rotatable bonds is 3. The summed E-state index contributed by atoms with van der Waals surface area (Å²) in [6.07, 6.45) is 3.66. The zero-order chi connectivity index (χ0) is 14.0. The number of hydrogen-bond acceptors (Lipinski definition) is 4. The van der Waals surface area contributed by atoms with Crippen LogP contribution in [-0.4, -0.2) is 24.1 Å². The minimum Gasteiger partial charge on any atom is -0.254 e. The van der Waals surface area contributed by atoms with Crippen LogP contribution < -0.4 is 0 Å². The summed E-state index contributed by atoms with van der Waals surface area (Å²) < 4.78 is 35.1. The van der Waals surface area contributed by atoms with Crippen molar-refractivity contribution >= 4 is 20.6 Å². The van der Waals surface area contributed by atoms with E-state index in [0.29, 0.717) is 4.90 Å². The van der Waals surface area contributed by atoms with E-state index in [4.69, 9.17) is 5.26 Å². The predicted octanol–water partition coefficient (Wildman–Crippen LogP) is 1.89. The van der Waals surface area contributed by atoms with Crippen LogP contribution in [0.2, 0.25) is 0 Å². The maximum atomic E-state index is 12.4. The molecule has 1 saturated carbocycles. The molecule has 0 bridgehead atoms. The molecule has 2 rings (SSSR count). The van der Waals surface area contributed by atoms with E-state index in [0.717, 1.165) is 25.5 Å². The average Bonchev–Trinajstić information content (AvgIpc) is 2.85. The molecule has 6 heteroatoms. The van der Waals surface area contributed by atoms with Gasteiger partial charge < -0.3 is 0 Å². The maximum absolute atomic E-state index is 12.4. The van der Waals surface area contributed by atoms with Gasteiger partial charge in [0.05, 0.1) is 32.9 Å². The lowest BCUT2D eigenvalue weighted by Crippen LogP contribution is -2.19.